The Kier molecular flexibility index (Phi) is 4.59. The highest BCUT2D eigenvalue weighted by atomic mass is 19.1. The van der Waals surface area contributed by atoms with Gasteiger partial charge in [-0.3, -0.25) is 9.69 Å². The molecule has 128 valence electrons. The molecule has 1 aromatic carbocycles. The first-order valence-corrected chi connectivity index (χ1v) is 7.79. The van der Waals surface area contributed by atoms with Gasteiger partial charge in [0, 0.05) is 19.6 Å². The predicted molar refractivity (Wildman–Crippen MR) is 84.3 cm³/mol. The first-order chi connectivity index (χ1) is 11.5. The van der Waals surface area contributed by atoms with Crippen molar-refractivity contribution in [1.29, 1.82) is 0 Å². The third kappa shape index (κ3) is 3.60. The van der Waals surface area contributed by atoms with E-state index < -0.39 is 5.60 Å². The van der Waals surface area contributed by atoms with E-state index in [1.165, 1.54) is 12.3 Å². The van der Waals surface area contributed by atoms with Crippen LogP contribution in [0.3, 0.4) is 0 Å². The highest BCUT2D eigenvalue weighted by molar-refractivity contribution is 5.78. The smallest absolute Gasteiger partial charge is 0.234 e. The molecule has 3 rings (SSSR count). The number of likely N-dealkylation sites (tertiary alicyclic amines) is 1. The number of nitrogens with zero attached hydrogens (tertiary/aromatic N) is 3. The van der Waals surface area contributed by atoms with E-state index in [-0.39, 0.29) is 24.8 Å². The van der Waals surface area contributed by atoms with Gasteiger partial charge in [0.1, 0.15) is 17.1 Å². The summed E-state index contributed by atoms with van der Waals surface area (Å²) >= 11 is 0. The molecule has 0 radical (unpaired) electrons. The molecule has 24 heavy (non-hydrogen) atoms. The minimum absolute atomic E-state index is 0.166. The summed E-state index contributed by atoms with van der Waals surface area (Å²) in [7, 11) is 0. The third-order valence-electron chi connectivity index (χ3n) is 4.31. The van der Waals surface area contributed by atoms with Gasteiger partial charge < -0.3 is 10.4 Å². The summed E-state index contributed by atoms with van der Waals surface area (Å²) in [6.45, 7) is 3.06. The molecule has 0 aliphatic carbocycles. The number of hydrogen-bond acceptors (Lipinski definition) is 5. The maximum Gasteiger partial charge on any atom is 0.234 e. The molecule has 0 spiro atoms. The van der Waals surface area contributed by atoms with Crippen LogP contribution in [0.15, 0.2) is 24.4 Å². The van der Waals surface area contributed by atoms with Gasteiger partial charge >= 0.3 is 0 Å². The fraction of sp³-hybridized carbons (Fsp3) is 0.438. The van der Waals surface area contributed by atoms with Gasteiger partial charge in [-0.15, -0.1) is 0 Å². The normalized spacial score (nSPS) is 21.1. The van der Waals surface area contributed by atoms with Gasteiger partial charge in [0.2, 0.25) is 5.91 Å². The number of aromatic nitrogens is 3. The van der Waals surface area contributed by atoms with Crippen LogP contribution in [0.1, 0.15) is 23.2 Å². The molecule has 2 aromatic rings. The van der Waals surface area contributed by atoms with Crippen LogP contribution in [0.5, 0.6) is 0 Å². The molecule has 1 aliphatic rings. The number of benzene rings is 1. The average Bonchev–Trinajstić information content (AvgIpc) is 3.20. The van der Waals surface area contributed by atoms with Gasteiger partial charge in [0.25, 0.3) is 0 Å². The Morgan fingerprint density at radius 1 is 1.54 bits per heavy atom. The molecular formula is C16H20FN5O2. The molecular weight excluding hydrogens is 313 g/mol. The zero-order valence-electron chi connectivity index (χ0n) is 13.4. The van der Waals surface area contributed by atoms with E-state index in [9.17, 15) is 14.3 Å². The molecule has 1 saturated heterocycles. The lowest BCUT2D eigenvalue weighted by Gasteiger charge is -2.20. The fourth-order valence-corrected chi connectivity index (χ4v) is 2.85. The van der Waals surface area contributed by atoms with Crippen LogP contribution >= 0.6 is 0 Å². The van der Waals surface area contributed by atoms with Crippen molar-refractivity contribution in [2.45, 2.75) is 25.5 Å². The standard InChI is InChI=1S/C16H20FN5O2/c1-11-2-3-12(6-13(11)17)7-18-15(23)9-22-5-4-16(24,10-22)14-8-19-21-20-14/h2-3,6,8,24H,4-5,7,9-10H2,1H3,(H,18,23)(H,19,20,21)/t16-/m1/s1. The van der Waals surface area contributed by atoms with Gasteiger partial charge in [-0.05, 0) is 30.5 Å². The molecule has 1 aromatic heterocycles. The predicted octanol–water partition coefficient (Wildman–Crippen LogP) is 0.462. The van der Waals surface area contributed by atoms with Crippen molar-refractivity contribution >= 4 is 5.91 Å². The second kappa shape index (κ2) is 6.66. The summed E-state index contributed by atoms with van der Waals surface area (Å²) < 4.78 is 13.5. The number of aryl methyl sites for hydroxylation is 1. The second-order valence-electron chi connectivity index (χ2n) is 6.21. The van der Waals surface area contributed by atoms with E-state index in [0.29, 0.717) is 36.3 Å². The molecule has 3 N–H and O–H groups in total. The number of carbonyl (C=O) groups excluding carboxylic acids is 1. The van der Waals surface area contributed by atoms with E-state index in [2.05, 4.69) is 20.7 Å². The number of halogens is 1. The van der Waals surface area contributed by atoms with Crippen LogP contribution in [-0.4, -0.2) is 51.0 Å². The van der Waals surface area contributed by atoms with Crippen LogP contribution < -0.4 is 5.32 Å². The van der Waals surface area contributed by atoms with E-state index in [4.69, 9.17) is 0 Å². The first kappa shape index (κ1) is 16.5. The van der Waals surface area contributed by atoms with Gasteiger partial charge in [-0.25, -0.2) is 4.39 Å². The van der Waals surface area contributed by atoms with Gasteiger partial charge in [-0.2, -0.15) is 15.4 Å². The summed E-state index contributed by atoms with van der Waals surface area (Å²) in [4.78, 5) is 13.9. The molecule has 1 fully saturated rings. The fourth-order valence-electron chi connectivity index (χ4n) is 2.85. The monoisotopic (exact) mass is 333 g/mol. The summed E-state index contributed by atoms with van der Waals surface area (Å²) in [5.41, 5.74) is 0.703. The first-order valence-electron chi connectivity index (χ1n) is 7.79. The lowest BCUT2D eigenvalue weighted by Crippen LogP contribution is -2.38. The second-order valence-corrected chi connectivity index (χ2v) is 6.21. The number of rotatable bonds is 5. The quantitative estimate of drug-likeness (QED) is 0.739. The Labute approximate surface area is 138 Å². The summed E-state index contributed by atoms with van der Waals surface area (Å²) in [5, 5.41) is 23.5. The lowest BCUT2D eigenvalue weighted by molar-refractivity contribution is -0.122. The molecule has 2 heterocycles. The van der Waals surface area contributed by atoms with Crippen LogP contribution in [0.2, 0.25) is 0 Å². The van der Waals surface area contributed by atoms with Gasteiger partial charge in [0.05, 0.1) is 12.7 Å². The minimum Gasteiger partial charge on any atom is -0.382 e. The highest BCUT2D eigenvalue weighted by Crippen LogP contribution is 2.29. The minimum atomic E-state index is -1.08. The SMILES string of the molecule is Cc1ccc(CNC(=O)CN2CC[C@](O)(c3cn[nH]n3)C2)cc1F. The van der Waals surface area contributed by atoms with E-state index in [0.717, 1.165) is 0 Å². The van der Waals surface area contributed by atoms with E-state index in [1.54, 1.807) is 19.1 Å². The Morgan fingerprint density at radius 2 is 2.38 bits per heavy atom. The van der Waals surface area contributed by atoms with Crippen molar-refractivity contribution in [2.75, 3.05) is 19.6 Å². The van der Waals surface area contributed by atoms with Crippen LogP contribution in [-0.2, 0) is 16.9 Å². The molecule has 8 heteroatoms. The van der Waals surface area contributed by atoms with Crippen molar-refractivity contribution in [1.82, 2.24) is 25.6 Å². The van der Waals surface area contributed by atoms with Crippen molar-refractivity contribution in [3.05, 3.63) is 47.0 Å². The number of nitrogens with one attached hydrogen (secondary N) is 2. The van der Waals surface area contributed by atoms with Gasteiger partial charge in [0.15, 0.2) is 0 Å². The van der Waals surface area contributed by atoms with Crippen LogP contribution in [0, 0.1) is 12.7 Å². The third-order valence-corrected chi connectivity index (χ3v) is 4.31. The molecule has 0 bridgehead atoms. The Balaban J connectivity index is 1.50. The summed E-state index contributed by atoms with van der Waals surface area (Å²) in [5.74, 6) is -0.445. The van der Waals surface area contributed by atoms with Crippen molar-refractivity contribution in [2.24, 2.45) is 0 Å². The largest absolute Gasteiger partial charge is 0.382 e. The molecule has 1 amide bonds. The van der Waals surface area contributed by atoms with Crippen molar-refractivity contribution in [3.8, 4) is 0 Å². The molecule has 0 saturated carbocycles. The van der Waals surface area contributed by atoms with E-state index in [1.807, 2.05) is 4.90 Å². The number of aliphatic hydroxyl groups is 1. The Hall–Kier alpha value is -2.32. The topological polar surface area (TPSA) is 94.1 Å². The van der Waals surface area contributed by atoms with Crippen molar-refractivity contribution in [3.63, 3.8) is 0 Å². The molecule has 0 unspecified atom stereocenters. The number of aromatic amines is 1. The number of amides is 1. The molecule has 1 aliphatic heterocycles. The maximum absolute atomic E-state index is 13.5. The number of carbonyl (C=O) groups is 1. The molecule has 1 atom stereocenters. The van der Waals surface area contributed by atoms with Crippen molar-refractivity contribution < 1.29 is 14.3 Å². The number of hydrogen-bond donors (Lipinski definition) is 3. The Bertz CT molecular complexity index is 721. The summed E-state index contributed by atoms with van der Waals surface area (Å²) in [6, 6.07) is 4.90. The average molecular weight is 333 g/mol. The Morgan fingerprint density at radius 3 is 3.08 bits per heavy atom. The van der Waals surface area contributed by atoms with Crippen LogP contribution in [0.25, 0.3) is 0 Å². The zero-order chi connectivity index (χ0) is 17.2. The highest BCUT2D eigenvalue weighted by Gasteiger charge is 2.40. The van der Waals surface area contributed by atoms with E-state index >= 15 is 0 Å². The number of H-pyrrole nitrogens is 1. The lowest BCUT2D eigenvalue weighted by atomic mass is 10.0. The number of β-amino-alcohol motifs (C(OH)–C–C–N with tert-alkyl or cyclic N) is 1. The van der Waals surface area contributed by atoms with Gasteiger partial charge in [-0.1, -0.05) is 12.1 Å². The zero-order valence-corrected chi connectivity index (χ0v) is 13.4. The summed E-state index contributed by atoms with van der Waals surface area (Å²) in [6.07, 6.45) is 1.99. The van der Waals surface area contributed by atoms with Crippen LogP contribution in [0.4, 0.5) is 4.39 Å². The molecule has 7 nitrogen and oxygen atoms in total. The maximum atomic E-state index is 13.5.